The summed E-state index contributed by atoms with van der Waals surface area (Å²) in [5, 5.41) is 4.71. The Bertz CT molecular complexity index is 503. The molecule has 2 N–H and O–H groups in total. The molecule has 1 unspecified atom stereocenters. The third-order valence-corrected chi connectivity index (χ3v) is 3.25. The number of H-pyrrole nitrogens is 1. The van der Waals surface area contributed by atoms with E-state index in [2.05, 4.69) is 34.7 Å². The maximum absolute atomic E-state index is 5.59. The third-order valence-electron chi connectivity index (χ3n) is 3.25. The van der Waals surface area contributed by atoms with Crippen LogP contribution in [0.4, 0.5) is 0 Å². The molecule has 0 spiro atoms. The predicted octanol–water partition coefficient (Wildman–Crippen LogP) is 1.67. The quantitative estimate of drug-likeness (QED) is 0.862. The van der Waals surface area contributed by atoms with Crippen molar-refractivity contribution in [3.63, 3.8) is 0 Å². The molecule has 0 radical (unpaired) electrons. The maximum atomic E-state index is 5.59. The Hall–Kier alpha value is -1.36. The number of nitrogens with one attached hydrogen (secondary N) is 2. The van der Waals surface area contributed by atoms with E-state index in [1.807, 2.05) is 6.07 Å². The normalized spacial score (nSPS) is 20.3. The van der Waals surface area contributed by atoms with Crippen LogP contribution < -0.4 is 5.32 Å². The van der Waals surface area contributed by atoms with Crippen LogP contribution in [-0.2, 0) is 16.0 Å². The lowest BCUT2D eigenvalue weighted by Crippen LogP contribution is -2.37. The number of para-hydroxylation sites is 1. The van der Waals surface area contributed by atoms with Gasteiger partial charge >= 0.3 is 0 Å². The van der Waals surface area contributed by atoms with Gasteiger partial charge in [0.15, 0.2) is 0 Å². The molecule has 1 saturated heterocycles. The molecule has 0 saturated carbocycles. The van der Waals surface area contributed by atoms with Gasteiger partial charge in [-0.15, -0.1) is 0 Å². The van der Waals surface area contributed by atoms with Gasteiger partial charge in [0, 0.05) is 30.2 Å². The number of ether oxygens (including phenoxy) is 2. The van der Waals surface area contributed by atoms with Crippen molar-refractivity contribution in [2.24, 2.45) is 0 Å². The smallest absolute Gasteiger partial charge is 0.0933 e. The zero-order valence-electron chi connectivity index (χ0n) is 10.3. The minimum atomic E-state index is 0.184. The molecule has 18 heavy (non-hydrogen) atoms. The second kappa shape index (κ2) is 5.52. The van der Waals surface area contributed by atoms with Crippen LogP contribution in [0.5, 0.6) is 0 Å². The fourth-order valence-electron chi connectivity index (χ4n) is 2.30. The van der Waals surface area contributed by atoms with E-state index in [0.717, 1.165) is 19.7 Å². The average Bonchev–Trinajstić information content (AvgIpc) is 2.84. The summed E-state index contributed by atoms with van der Waals surface area (Å²) in [7, 11) is 0. The molecule has 96 valence electrons. The molecule has 2 aromatic rings. The summed E-state index contributed by atoms with van der Waals surface area (Å²) in [6.07, 6.45) is 2.25. The zero-order valence-corrected chi connectivity index (χ0v) is 10.3. The molecule has 1 atom stereocenters. The Morgan fingerprint density at radius 3 is 3.11 bits per heavy atom. The fourth-order valence-corrected chi connectivity index (χ4v) is 2.30. The van der Waals surface area contributed by atoms with E-state index in [1.165, 1.54) is 16.5 Å². The first-order chi connectivity index (χ1) is 8.93. The van der Waals surface area contributed by atoms with E-state index in [4.69, 9.17) is 9.47 Å². The molecule has 0 amide bonds. The van der Waals surface area contributed by atoms with Crippen molar-refractivity contribution in [1.29, 1.82) is 0 Å². The Labute approximate surface area is 106 Å². The minimum Gasteiger partial charge on any atom is -0.376 e. The van der Waals surface area contributed by atoms with Gasteiger partial charge in [-0.2, -0.15) is 0 Å². The van der Waals surface area contributed by atoms with Gasteiger partial charge in [0.25, 0.3) is 0 Å². The molecular weight excluding hydrogens is 228 g/mol. The van der Waals surface area contributed by atoms with E-state index in [1.54, 1.807) is 0 Å². The number of hydrogen-bond acceptors (Lipinski definition) is 3. The molecule has 3 rings (SSSR count). The number of rotatable bonds is 4. The van der Waals surface area contributed by atoms with Crippen LogP contribution in [0.25, 0.3) is 10.9 Å². The minimum absolute atomic E-state index is 0.184. The molecule has 0 aliphatic carbocycles. The number of aromatic amines is 1. The molecule has 1 fully saturated rings. The van der Waals surface area contributed by atoms with E-state index in [9.17, 15) is 0 Å². The van der Waals surface area contributed by atoms with Gasteiger partial charge in [-0.25, -0.2) is 0 Å². The topological polar surface area (TPSA) is 46.3 Å². The first kappa shape index (κ1) is 11.7. The number of fused-ring (bicyclic) bond motifs is 1. The Morgan fingerprint density at radius 2 is 2.22 bits per heavy atom. The molecule has 1 aliphatic heterocycles. The van der Waals surface area contributed by atoms with Crippen LogP contribution >= 0.6 is 0 Å². The monoisotopic (exact) mass is 246 g/mol. The van der Waals surface area contributed by atoms with Crippen molar-refractivity contribution < 1.29 is 9.47 Å². The summed E-state index contributed by atoms with van der Waals surface area (Å²) >= 11 is 0. The van der Waals surface area contributed by atoms with Gasteiger partial charge in [-0.05, 0) is 11.6 Å². The SMILES string of the molecule is c1ccc2c(CNCC3COCCO3)c[nH]c2c1. The highest BCUT2D eigenvalue weighted by molar-refractivity contribution is 5.82. The lowest BCUT2D eigenvalue weighted by molar-refractivity contribution is -0.0864. The third kappa shape index (κ3) is 2.56. The van der Waals surface area contributed by atoms with Crippen molar-refractivity contribution >= 4 is 10.9 Å². The Kier molecular flexibility index (Phi) is 3.59. The van der Waals surface area contributed by atoms with E-state index in [-0.39, 0.29) is 6.10 Å². The molecule has 2 heterocycles. The summed E-state index contributed by atoms with van der Waals surface area (Å²) in [6, 6.07) is 8.35. The predicted molar refractivity (Wildman–Crippen MR) is 70.6 cm³/mol. The lowest BCUT2D eigenvalue weighted by atomic mass is 10.2. The van der Waals surface area contributed by atoms with Crippen LogP contribution in [-0.4, -0.2) is 37.5 Å². The van der Waals surface area contributed by atoms with Crippen LogP contribution in [0.15, 0.2) is 30.5 Å². The summed E-state index contributed by atoms with van der Waals surface area (Å²) in [5.41, 5.74) is 2.48. The second-order valence-corrected chi connectivity index (χ2v) is 4.56. The zero-order chi connectivity index (χ0) is 12.2. The van der Waals surface area contributed by atoms with Gasteiger partial charge in [-0.3, -0.25) is 0 Å². The fraction of sp³-hybridized carbons (Fsp3) is 0.429. The Morgan fingerprint density at radius 1 is 1.28 bits per heavy atom. The maximum Gasteiger partial charge on any atom is 0.0933 e. The van der Waals surface area contributed by atoms with Gasteiger partial charge in [-0.1, -0.05) is 18.2 Å². The van der Waals surface area contributed by atoms with Crippen LogP contribution in [0.1, 0.15) is 5.56 Å². The van der Waals surface area contributed by atoms with E-state index in [0.29, 0.717) is 13.2 Å². The van der Waals surface area contributed by atoms with Crippen LogP contribution in [0.2, 0.25) is 0 Å². The first-order valence-corrected chi connectivity index (χ1v) is 6.38. The highest BCUT2D eigenvalue weighted by Gasteiger charge is 2.13. The van der Waals surface area contributed by atoms with E-state index >= 15 is 0 Å². The first-order valence-electron chi connectivity index (χ1n) is 6.38. The van der Waals surface area contributed by atoms with Crippen molar-refractivity contribution in [3.05, 3.63) is 36.0 Å². The average molecular weight is 246 g/mol. The molecule has 0 bridgehead atoms. The summed E-state index contributed by atoms with van der Waals surface area (Å²) in [6.45, 7) is 3.81. The highest BCUT2D eigenvalue weighted by atomic mass is 16.6. The largest absolute Gasteiger partial charge is 0.376 e. The molecule has 1 aliphatic rings. The highest BCUT2D eigenvalue weighted by Crippen LogP contribution is 2.17. The van der Waals surface area contributed by atoms with Crippen molar-refractivity contribution in [3.8, 4) is 0 Å². The number of aromatic nitrogens is 1. The summed E-state index contributed by atoms with van der Waals surface area (Å²) < 4.78 is 11.0. The van der Waals surface area contributed by atoms with Crippen molar-refractivity contribution in [2.75, 3.05) is 26.4 Å². The van der Waals surface area contributed by atoms with Crippen molar-refractivity contribution in [2.45, 2.75) is 12.6 Å². The van der Waals surface area contributed by atoms with Crippen LogP contribution in [0.3, 0.4) is 0 Å². The molecule has 1 aromatic heterocycles. The molecule has 1 aromatic carbocycles. The Balaban J connectivity index is 1.56. The molecular formula is C14H18N2O2. The van der Waals surface area contributed by atoms with E-state index < -0.39 is 0 Å². The van der Waals surface area contributed by atoms with Crippen molar-refractivity contribution in [1.82, 2.24) is 10.3 Å². The molecule has 4 heteroatoms. The lowest BCUT2D eigenvalue weighted by Gasteiger charge is -2.23. The van der Waals surface area contributed by atoms with Gasteiger partial charge in [0.1, 0.15) is 0 Å². The number of benzene rings is 1. The van der Waals surface area contributed by atoms with Gasteiger partial charge < -0.3 is 19.8 Å². The molecule has 4 nitrogen and oxygen atoms in total. The van der Waals surface area contributed by atoms with Gasteiger partial charge in [0.2, 0.25) is 0 Å². The summed E-state index contributed by atoms with van der Waals surface area (Å²) in [5.74, 6) is 0. The standard InChI is InChI=1S/C14H18N2O2/c1-2-4-14-13(3-1)11(8-16-14)7-15-9-12-10-17-5-6-18-12/h1-4,8,12,15-16H,5-7,9-10H2. The van der Waals surface area contributed by atoms with Crippen LogP contribution in [0, 0.1) is 0 Å². The summed E-state index contributed by atoms with van der Waals surface area (Å²) in [4.78, 5) is 3.28. The second-order valence-electron chi connectivity index (χ2n) is 4.56. The number of hydrogen-bond donors (Lipinski definition) is 2. The van der Waals surface area contributed by atoms with Gasteiger partial charge in [0.05, 0.1) is 25.9 Å².